The van der Waals surface area contributed by atoms with Crippen LogP contribution in [-0.2, 0) is 0 Å². The summed E-state index contributed by atoms with van der Waals surface area (Å²) < 4.78 is 0. The SMILES string of the molecule is C[C@@H](O)[C@@H](N)C(C)(C)C. The van der Waals surface area contributed by atoms with Crippen molar-refractivity contribution in [1.82, 2.24) is 0 Å². The fourth-order valence-corrected chi connectivity index (χ4v) is 0.724. The van der Waals surface area contributed by atoms with Gasteiger partial charge >= 0.3 is 0 Å². The minimum absolute atomic E-state index is 0.00810. The highest BCUT2D eigenvalue weighted by molar-refractivity contribution is 4.80. The third-order valence-corrected chi connectivity index (χ3v) is 1.52. The average molecular weight is 131 g/mol. The Morgan fingerprint density at radius 1 is 1.33 bits per heavy atom. The molecule has 0 heterocycles. The topological polar surface area (TPSA) is 46.2 Å². The number of rotatable bonds is 1. The summed E-state index contributed by atoms with van der Waals surface area (Å²) in [5.41, 5.74) is 5.65. The van der Waals surface area contributed by atoms with Gasteiger partial charge in [-0.25, -0.2) is 0 Å². The van der Waals surface area contributed by atoms with Gasteiger partial charge in [0.05, 0.1) is 6.10 Å². The van der Waals surface area contributed by atoms with Crippen molar-refractivity contribution in [1.29, 1.82) is 0 Å². The van der Waals surface area contributed by atoms with Crippen molar-refractivity contribution in [3.8, 4) is 0 Å². The Morgan fingerprint density at radius 3 is 1.67 bits per heavy atom. The fourth-order valence-electron chi connectivity index (χ4n) is 0.724. The van der Waals surface area contributed by atoms with Gasteiger partial charge in [0.15, 0.2) is 0 Å². The zero-order chi connectivity index (χ0) is 7.65. The maximum absolute atomic E-state index is 9.03. The lowest BCUT2D eigenvalue weighted by Crippen LogP contribution is -2.43. The second-order valence-corrected chi connectivity index (χ2v) is 3.63. The molecule has 56 valence electrons. The van der Waals surface area contributed by atoms with Crippen LogP contribution in [0.2, 0.25) is 0 Å². The van der Waals surface area contributed by atoms with E-state index in [0.29, 0.717) is 0 Å². The zero-order valence-electron chi connectivity index (χ0n) is 6.68. The summed E-state index contributed by atoms with van der Waals surface area (Å²) in [6.45, 7) is 7.77. The van der Waals surface area contributed by atoms with Crippen LogP contribution in [-0.4, -0.2) is 17.3 Å². The molecule has 0 aliphatic rings. The quantitative estimate of drug-likeness (QED) is 0.551. The maximum atomic E-state index is 9.03. The molecule has 2 heteroatoms. The van der Waals surface area contributed by atoms with Gasteiger partial charge in [-0.3, -0.25) is 0 Å². The van der Waals surface area contributed by atoms with Crippen LogP contribution in [0.1, 0.15) is 27.7 Å². The first-order valence-electron chi connectivity index (χ1n) is 3.29. The molecule has 0 rings (SSSR count). The highest BCUT2D eigenvalue weighted by Crippen LogP contribution is 2.19. The summed E-state index contributed by atoms with van der Waals surface area (Å²) in [6, 6.07) is -0.127. The van der Waals surface area contributed by atoms with Gasteiger partial charge in [0.1, 0.15) is 0 Å². The summed E-state index contributed by atoms with van der Waals surface area (Å²) in [6.07, 6.45) is -0.412. The number of aliphatic hydroxyl groups excluding tert-OH is 1. The highest BCUT2D eigenvalue weighted by atomic mass is 16.3. The van der Waals surface area contributed by atoms with E-state index in [0.717, 1.165) is 0 Å². The number of hydrogen-bond donors (Lipinski definition) is 2. The molecule has 0 unspecified atom stereocenters. The second kappa shape index (κ2) is 2.67. The zero-order valence-corrected chi connectivity index (χ0v) is 6.68. The predicted molar refractivity (Wildman–Crippen MR) is 39.1 cm³/mol. The van der Waals surface area contributed by atoms with E-state index in [1.807, 2.05) is 20.8 Å². The fraction of sp³-hybridized carbons (Fsp3) is 1.00. The van der Waals surface area contributed by atoms with Gasteiger partial charge in [-0.1, -0.05) is 20.8 Å². The Morgan fingerprint density at radius 2 is 1.67 bits per heavy atom. The highest BCUT2D eigenvalue weighted by Gasteiger charge is 2.24. The van der Waals surface area contributed by atoms with Crippen LogP contribution in [0.15, 0.2) is 0 Å². The van der Waals surface area contributed by atoms with Crippen molar-refractivity contribution in [2.45, 2.75) is 39.8 Å². The van der Waals surface area contributed by atoms with E-state index in [4.69, 9.17) is 10.8 Å². The van der Waals surface area contributed by atoms with Crippen molar-refractivity contribution in [3.63, 3.8) is 0 Å². The van der Waals surface area contributed by atoms with Crippen LogP contribution in [0.5, 0.6) is 0 Å². The van der Waals surface area contributed by atoms with E-state index in [-0.39, 0.29) is 11.5 Å². The standard InChI is InChI=1S/C7H17NO/c1-5(9)6(8)7(2,3)4/h5-6,9H,8H2,1-4H3/t5-,6-/m1/s1. The van der Waals surface area contributed by atoms with Gasteiger partial charge in [0.25, 0.3) is 0 Å². The molecule has 0 aromatic rings. The Hall–Kier alpha value is -0.0800. The lowest BCUT2D eigenvalue weighted by Gasteiger charge is -2.29. The molecule has 3 N–H and O–H groups in total. The number of hydrogen-bond acceptors (Lipinski definition) is 2. The van der Waals surface area contributed by atoms with Crippen LogP contribution in [0.4, 0.5) is 0 Å². The van der Waals surface area contributed by atoms with Crippen LogP contribution in [0.3, 0.4) is 0 Å². The van der Waals surface area contributed by atoms with E-state index >= 15 is 0 Å². The van der Waals surface area contributed by atoms with Crippen molar-refractivity contribution in [2.24, 2.45) is 11.1 Å². The summed E-state index contributed by atoms with van der Waals surface area (Å²) >= 11 is 0. The first-order chi connectivity index (χ1) is 3.85. The molecule has 0 aliphatic carbocycles. The Bertz CT molecular complexity index is 83.4. The van der Waals surface area contributed by atoms with Crippen LogP contribution in [0.25, 0.3) is 0 Å². The molecule has 0 radical (unpaired) electrons. The summed E-state index contributed by atoms with van der Waals surface area (Å²) in [5.74, 6) is 0. The van der Waals surface area contributed by atoms with Crippen LogP contribution < -0.4 is 5.73 Å². The monoisotopic (exact) mass is 131 g/mol. The molecular formula is C7H17NO. The molecule has 0 bridgehead atoms. The average Bonchev–Trinajstić information content (AvgIpc) is 1.62. The van der Waals surface area contributed by atoms with Crippen molar-refractivity contribution >= 4 is 0 Å². The normalized spacial score (nSPS) is 19.3. The first kappa shape index (κ1) is 8.92. The van der Waals surface area contributed by atoms with Gasteiger partial charge in [-0.15, -0.1) is 0 Å². The Balaban J connectivity index is 3.88. The van der Waals surface area contributed by atoms with Gasteiger partial charge in [0.2, 0.25) is 0 Å². The number of aliphatic hydroxyl groups is 1. The predicted octanol–water partition coefficient (Wildman–Crippen LogP) is 0.741. The second-order valence-electron chi connectivity index (χ2n) is 3.63. The molecule has 0 saturated carbocycles. The molecule has 0 aliphatic heterocycles. The first-order valence-corrected chi connectivity index (χ1v) is 3.29. The minimum atomic E-state index is -0.412. The largest absolute Gasteiger partial charge is 0.392 e. The molecule has 0 aromatic carbocycles. The van der Waals surface area contributed by atoms with Gasteiger partial charge in [-0.2, -0.15) is 0 Å². The molecule has 2 nitrogen and oxygen atoms in total. The van der Waals surface area contributed by atoms with E-state index in [1.54, 1.807) is 6.92 Å². The van der Waals surface area contributed by atoms with Crippen molar-refractivity contribution < 1.29 is 5.11 Å². The Kier molecular flexibility index (Phi) is 2.65. The molecule has 0 saturated heterocycles. The molecule has 0 amide bonds. The lowest BCUT2D eigenvalue weighted by atomic mass is 9.85. The molecule has 0 spiro atoms. The third-order valence-electron chi connectivity index (χ3n) is 1.52. The third kappa shape index (κ3) is 2.82. The summed E-state index contributed by atoms with van der Waals surface area (Å²) in [4.78, 5) is 0. The van der Waals surface area contributed by atoms with E-state index < -0.39 is 6.10 Å². The van der Waals surface area contributed by atoms with E-state index in [2.05, 4.69) is 0 Å². The maximum Gasteiger partial charge on any atom is 0.0668 e. The minimum Gasteiger partial charge on any atom is -0.392 e. The molecule has 9 heavy (non-hydrogen) atoms. The summed E-state index contributed by atoms with van der Waals surface area (Å²) in [5, 5.41) is 9.03. The number of nitrogens with two attached hydrogens (primary N) is 1. The molecular weight excluding hydrogens is 114 g/mol. The van der Waals surface area contributed by atoms with Gasteiger partial charge in [0, 0.05) is 6.04 Å². The Labute approximate surface area is 57.1 Å². The molecule has 0 aromatic heterocycles. The van der Waals surface area contributed by atoms with E-state index in [1.165, 1.54) is 0 Å². The van der Waals surface area contributed by atoms with Crippen molar-refractivity contribution in [2.75, 3.05) is 0 Å². The molecule has 0 fully saturated rings. The summed E-state index contributed by atoms with van der Waals surface area (Å²) in [7, 11) is 0. The molecule has 2 atom stereocenters. The van der Waals surface area contributed by atoms with Crippen LogP contribution >= 0.6 is 0 Å². The van der Waals surface area contributed by atoms with Crippen LogP contribution in [0, 0.1) is 5.41 Å². The van der Waals surface area contributed by atoms with Crippen molar-refractivity contribution in [3.05, 3.63) is 0 Å². The smallest absolute Gasteiger partial charge is 0.0668 e. The van der Waals surface area contributed by atoms with Gasteiger partial charge < -0.3 is 10.8 Å². The van der Waals surface area contributed by atoms with E-state index in [9.17, 15) is 0 Å². The van der Waals surface area contributed by atoms with Gasteiger partial charge in [-0.05, 0) is 12.3 Å². The lowest BCUT2D eigenvalue weighted by molar-refractivity contribution is 0.108.